The third-order valence-corrected chi connectivity index (χ3v) is 4.21. The van der Waals surface area contributed by atoms with Gasteiger partial charge in [-0.15, -0.1) is 24.0 Å². The van der Waals surface area contributed by atoms with Crippen LogP contribution in [0.25, 0.3) is 0 Å². The predicted octanol–water partition coefficient (Wildman–Crippen LogP) is 1.03. The first-order chi connectivity index (χ1) is 12.6. The third-order valence-electron chi connectivity index (χ3n) is 4.21. The number of halogens is 2. The molecule has 0 atom stereocenters. The van der Waals surface area contributed by atoms with Crippen LogP contribution in [-0.4, -0.2) is 66.2 Å². The second kappa shape index (κ2) is 10.1. The zero-order chi connectivity index (χ0) is 18.4. The Morgan fingerprint density at radius 1 is 1.22 bits per heavy atom. The van der Waals surface area contributed by atoms with Crippen molar-refractivity contribution >= 4 is 41.5 Å². The number of hydrogen-bond donors (Lipinski definition) is 3. The fraction of sp³-hybridized carbons (Fsp3) is 0.353. The lowest BCUT2D eigenvalue weighted by Gasteiger charge is -2.36. The summed E-state index contributed by atoms with van der Waals surface area (Å²) in [5.74, 6) is 0.0205. The lowest BCUT2D eigenvalue weighted by atomic mass is 10.2. The number of rotatable bonds is 5. The van der Waals surface area contributed by atoms with Gasteiger partial charge in [-0.05, 0) is 30.3 Å². The molecule has 1 aromatic carbocycles. The number of carbonyl (C=O) groups is 1. The molecule has 1 amide bonds. The number of guanidine groups is 1. The summed E-state index contributed by atoms with van der Waals surface area (Å²) in [6.07, 6.45) is 1.52. The largest absolute Gasteiger partial charge is 0.370 e. The van der Waals surface area contributed by atoms with Crippen molar-refractivity contribution in [2.24, 2.45) is 10.7 Å². The van der Waals surface area contributed by atoms with Gasteiger partial charge in [0.1, 0.15) is 11.5 Å². The maximum Gasteiger partial charge on any atom is 0.269 e. The van der Waals surface area contributed by atoms with E-state index in [2.05, 4.69) is 25.4 Å². The molecule has 1 aromatic heterocycles. The molecular weight excluding hydrogens is 464 g/mol. The number of anilines is 1. The van der Waals surface area contributed by atoms with Gasteiger partial charge in [0, 0.05) is 44.6 Å². The van der Waals surface area contributed by atoms with Crippen molar-refractivity contribution in [3.05, 3.63) is 48.0 Å². The highest BCUT2D eigenvalue weighted by Gasteiger charge is 2.18. The Labute approximate surface area is 174 Å². The molecule has 1 aliphatic rings. The number of nitrogens with zero attached hydrogens (tertiary/aromatic N) is 4. The number of hydrogen-bond acceptors (Lipinski definition) is 4. The summed E-state index contributed by atoms with van der Waals surface area (Å²) < 4.78 is 13.0. The van der Waals surface area contributed by atoms with Crippen LogP contribution >= 0.6 is 24.0 Å². The topological polar surface area (TPSA) is 103 Å². The van der Waals surface area contributed by atoms with Crippen LogP contribution in [0.5, 0.6) is 0 Å². The summed E-state index contributed by atoms with van der Waals surface area (Å²) in [7, 11) is 0. The summed E-state index contributed by atoms with van der Waals surface area (Å²) in [4.78, 5) is 20.3. The molecule has 27 heavy (non-hydrogen) atoms. The maximum atomic E-state index is 13.0. The average Bonchev–Trinajstić information content (AvgIpc) is 3.20. The fourth-order valence-electron chi connectivity index (χ4n) is 2.76. The molecule has 2 aromatic rings. The van der Waals surface area contributed by atoms with E-state index < -0.39 is 0 Å². The number of nitrogens with two attached hydrogens (primary N) is 1. The van der Waals surface area contributed by atoms with E-state index in [1.165, 1.54) is 18.3 Å². The number of aliphatic imine (C=N–C) groups is 1. The fourth-order valence-corrected chi connectivity index (χ4v) is 2.76. The van der Waals surface area contributed by atoms with E-state index in [0.29, 0.717) is 24.7 Å². The Hall–Kier alpha value is -2.37. The number of amides is 1. The summed E-state index contributed by atoms with van der Waals surface area (Å²) in [6, 6.07) is 8.10. The normalized spacial score (nSPS) is 14.6. The van der Waals surface area contributed by atoms with E-state index in [1.54, 1.807) is 18.2 Å². The number of piperazine rings is 1. The monoisotopic (exact) mass is 487 g/mol. The van der Waals surface area contributed by atoms with Crippen LogP contribution in [-0.2, 0) is 0 Å². The van der Waals surface area contributed by atoms with E-state index in [4.69, 9.17) is 5.73 Å². The molecule has 0 aliphatic carbocycles. The van der Waals surface area contributed by atoms with Gasteiger partial charge in [-0.3, -0.25) is 14.9 Å². The summed E-state index contributed by atoms with van der Waals surface area (Å²) >= 11 is 0. The molecule has 8 nitrogen and oxygen atoms in total. The van der Waals surface area contributed by atoms with Crippen molar-refractivity contribution in [3.8, 4) is 0 Å². The molecule has 0 unspecified atom stereocenters. The molecule has 3 rings (SSSR count). The standard InChI is InChI=1S/C17H22FN7O.HI/c18-13-1-3-14(4-2-13)24-9-11-25(12-10-24)17(19)21-8-7-20-16(26)15-5-6-22-23-15;/h1-6H,7-12H2,(H2,19,21)(H,20,26)(H,22,23);1H. The van der Waals surface area contributed by atoms with Crippen molar-refractivity contribution in [2.75, 3.05) is 44.2 Å². The van der Waals surface area contributed by atoms with Gasteiger partial charge < -0.3 is 20.9 Å². The Bertz CT molecular complexity index is 743. The Balaban J connectivity index is 0.00000261. The van der Waals surface area contributed by atoms with E-state index in [0.717, 1.165) is 31.9 Å². The minimum Gasteiger partial charge on any atom is -0.370 e. The molecular formula is C17H23FIN7O. The molecule has 0 bridgehead atoms. The van der Waals surface area contributed by atoms with Crippen molar-refractivity contribution in [1.82, 2.24) is 20.4 Å². The quantitative estimate of drug-likeness (QED) is 0.253. The zero-order valence-corrected chi connectivity index (χ0v) is 17.1. The van der Waals surface area contributed by atoms with Crippen LogP contribution in [0.3, 0.4) is 0 Å². The third kappa shape index (κ3) is 5.81. The van der Waals surface area contributed by atoms with Crippen molar-refractivity contribution in [2.45, 2.75) is 0 Å². The molecule has 1 saturated heterocycles. The van der Waals surface area contributed by atoms with Gasteiger partial charge in [0.2, 0.25) is 0 Å². The van der Waals surface area contributed by atoms with Gasteiger partial charge >= 0.3 is 0 Å². The van der Waals surface area contributed by atoms with Crippen molar-refractivity contribution < 1.29 is 9.18 Å². The van der Waals surface area contributed by atoms with Gasteiger partial charge in [0.15, 0.2) is 5.96 Å². The summed E-state index contributed by atoms with van der Waals surface area (Å²) in [5, 5.41) is 9.08. The highest BCUT2D eigenvalue weighted by molar-refractivity contribution is 14.0. The number of carbonyl (C=O) groups excluding carboxylic acids is 1. The van der Waals surface area contributed by atoms with E-state index in [-0.39, 0.29) is 35.7 Å². The Morgan fingerprint density at radius 2 is 1.93 bits per heavy atom. The van der Waals surface area contributed by atoms with Gasteiger partial charge in [0.25, 0.3) is 5.91 Å². The molecule has 2 heterocycles. The Kier molecular flexibility index (Phi) is 7.82. The van der Waals surface area contributed by atoms with Crippen LogP contribution in [0.4, 0.5) is 10.1 Å². The smallest absolute Gasteiger partial charge is 0.269 e. The molecule has 10 heteroatoms. The second-order valence-corrected chi connectivity index (χ2v) is 5.92. The lowest BCUT2D eigenvalue weighted by molar-refractivity contribution is 0.0950. The maximum absolute atomic E-state index is 13.0. The molecule has 1 fully saturated rings. The first-order valence-corrected chi connectivity index (χ1v) is 8.46. The molecule has 0 saturated carbocycles. The molecule has 146 valence electrons. The number of benzene rings is 1. The van der Waals surface area contributed by atoms with Gasteiger partial charge in [-0.1, -0.05) is 0 Å². The van der Waals surface area contributed by atoms with Crippen LogP contribution < -0.4 is 16.0 Å². The predicted molar refractivity (Wildman–Crippen MR) is 113 cm³/mol. The first-order valence-electron chi connectivity index (χ1n) is 8.46. The number of aromatic amines is 1. The zero-order valence-electron chi connectivity index (χ0n) is 14.8. The number of aromatic nitrogens is 2. The average molecular weight is 487 g/mol. The highest BCUT2D eigenvalue weighted by atomic mass is 127. The summed E-state index contributed by atoms with van der Waals surface area (Å²) in [6.45, 7) is 3.87. The van der Waals surface area contributed by atoms with E-state index in [9.17, 15) is 9.18 Å². The molecule has 1 aliphatic heterocycles. The van der Waals surface area contributed by atoms with Crippen LogP contribution in [0, 0.1) is 5.82 Å². The SMILES string of the molecule is I.NC(=NCCNC(=O)c1ccn[nH]1)N1CCN(c2ccc(F)cc2)CC1. The van der Waals surface area contributed by atoms with Gasteiger partial charge in [0.05, 0.1) is 6.54 Å². The van der Waals surface area contributed by atoms with Crippen LogP contribution in [0.15, 0.2) is 41.5 Å². The van der Waals surface area contributed by atoms with Crippen LogP contribution in [0.1, 0.15) is 10.5 Å². The van der Waals surface area contributed by atoms with Gasteiger partial charge in [-0.2, -0.15) is 5.10 Å². The minimum absolute atomic E-state index is 0. The number of H-pyrrole nitrogens is 1. The lowest BCUT2D eigenvalue weighted by Crippen LogP contribution is -2.51. The van der Waals surface area contributed by atoms with E-state index >= 15 is 0 Å². The second-order valence-electron chi connectivity index (χ2n) is 5.92. The number of nitrogens with one attached hydrogen (secondary N) is 2. The molecule has 0 spiro atoms. The summed E-state index contributed by atoms with van der Waals surface area (Å²) in [5.41, 5.74) is 7.46. The van der Waals surface area contributed by atoms with E-state index in [1.807, 2.05) is 4.90 Å². The molecule has 4 N–H and O–H groups in total. The first kappa shape index (κ1) is 20.9. The molecule has 0 radical (unpaired) electrons. The van der Waals surface area contributed by atoms with Gasteiger partial charge in [-0.25, -0.2) is 4.39 Å². The van der Waals surface area contributed by atoms with Crippen LogP contribution in [0.2, 0.25) is 0 Å². The van der Waals surface area contributed by atoms with Crippen molar-refractivity contribution in [3.63, 3.8) is 0 Å². The Morgan fingerprint density at radius 3 is 2.56 bits per heavy atom. The minimum atomic E-state index is -0.233. The van der Waals surface area contributed by atoms with Crippen molar-refractivity contribution in [1.29, 1.82) is 0 Å². The highest BCUT2D eigenvalue weighted by Crippen LogP contribution is 2.16.